The van der Waals surface area contributed by atoms with Crippen molar-refractivity contribution >= 4 is 6.29 Å². The second-order valence-electron chi connectivity index (χ2n) is 3.83. The Bertz CT molecular complexity index is 625. The molecule has 104 valence electrons. The number of ether oxygens (including phenoxy) is 1. The van der Waals surface area contributed by atoms with E-state index in [1.54, 1.807) is 0 Å². The van der Waals surface area contributed by atoms with Gasteiger partial charge in [0.05, 0.1) is 12.8 Å². The van der Waals surface area contributed by atoms with Crippen LogP contribution in [0.25, 0.3) is 11.3 Å². The van der Waals surface area contributed by atoms with E-state index in [1.807, 2.05) is 0 Å². The molecule has 0 aromatic carbocycles. The first-order valence-electron chi connectivity index (χ1n) is 5.49. The molecule has 0 bridgehead atoms. The Morgan fingerprint density at radius 3 is 2.45 bits per heavy atom. The van der Waals surface area contributed by atoms with Gasteiger partial charge in [-0.25, -0.2) is 4.98 Å². The van der Waals surface area contributed by atoms with Gasteiger partial charge < -0.3 is 4.74 Å². The lowest BCUT2D eigenvalue weighted by atomic mass is 10.1. The first kappa shape index (κ1) is 14.0. The Labute approximate surface area is 112 Å². The van der Waals surface area contributed by atoms with Crippen molar-refractivity contribution in [3.05, 3.63) is 41.9 Å². The highest BCUT2D eigenvalue weighted by Crippen LogP contribution is 2.29. The third-order valence-electron chi connectivity index (χ3n) is 2.57. The molecule has 2 aromatic rings. The first-order valence-corrected chi connectivity index (χ1v) is 5.49. The van der Waals surface area contributed by atoms with Gasteiger partial charge in [-0.1, -0.05) is 0 Å². The Kier molecular flexibility index (Phi) is 3.69. The van der Waals surface area contributed by atoms with Crippen LogP contribution in [0, 0.1) is 0 Å². The summed E-state index contributed by atoms with van der Waals surface area (Å²) >= 11 is 0. The zero-order chi connectivity index (χ0) is 14.8. The fraction of sp³-hybridized carbons (Fsp3) is 0.154. The smallest absolute Gasteiger partial charge is 0.433 e. The Hall–Kier alpha value is -2.44. The van der Waals surface area contributed by atoms with Crippen LogP contribution in [0.15, 0.2) is 30.5 Å². The lowest BCUT2D eigenvalue weighted by molar-refractivity contribution is -0.141. The number of methoxy groups -OCH3 is 1. The van der Waals surface area contributed by atoms with Gasteiger partial charge >= 0.3 is 6.18 Å². The summed E-state index contributed by atoms with van der Waals surface area (Å²) in [5.41, 5.74) is -0.187. The minimum atomic E-state index is -4.49. The summed E-state index contributed by atoms with van der Waals surface area (Å²) in [5, 5.41) is 0. The van der Waals surface area contributed by atoms with Crippen LogP contribution in [0.4, 0.5) is 13.2 Å². The molecule has 0 aliphatic heterocycles. The third kappa shape index (κ3) is 2.76. The number of halogens is 3. The second kappa shape index (κ2) is 5.28. The number of carbonyl (C=O) groups excluding carboxylic acids is 1. The maximum Gasteiger partial charge on any atom is 0.433 e. The highest BCUT2D eigenvalue weighted by molar-refractivity contribution is 5.78. The molecule has 4 nitrogen and oxygen atoms in total. The Balaban J connectivity index is 2.39. The average molecular weight is 282 g/mol. The summed E-state index contributed by atoms with van der Waals surface area (Å²) in [6.45, 7) is 0. The van der Waals surface area contributed by atoms with E-state index in [9.17, 15) is 18.0 Å². The summed E-state index contributed by atoms with van der Waals surface area (Å²) in [6, 6.07) is 5.17. The minimum Gasteiger partial charge on any atom is -0.494 e. The molecule has 0 saturated carbocycles. The molecule has 2 rings (SSSR count). The summed E-state index contributed by atoms with van der Waals surface area (Å²) in [4.78, 5) is 18.2. The molecule has 0 spiro atoms. The molecule has 20 heavy (non-hydrogen) atoms. The molecule has 0 unspecified atom stereocenters. The van der Waals surface area contributed by atoms with Gasteiger partial charge in [-0.15, -0.1) is 0 Å². The molecular formula is C13H9F3N2O2. The van der Waals surface area contributed by atoms with E-state index in [4.69, 9.17) is 4.74 Å². The molecule has 0 aliphatic carbocycles. The van der Waals surface area contributed by atoms with Gasteiger partial charge in [0.15, 0.2) is 6.29 Å². The van der Waals surface area contributed by atoms with Gasteiger partial charge in [0.2, 0.25) is 0 Å². The standard InChI is InChI=1S/C13H9F3N2O2/c1-20-11-4-3-9(18-10(11)7-19)8-2-5-12(17-6-8)13(14,15)16/h2-7H,1H3. The number of rotatable bonds is 3. The van der Waals surface area contributed by atoms with Gasteiger partial charge in [0.1, 0.15) is 17.1 Å². The maximum atomic E-state index is 12.4. The quantitative estimate of drug-likeness (QED) is 0.812. The van der Waals surface area contributed by atoms with E-state index in [0.29, 0.717) is 23.3 Å². The van der Waals surface area contributed by atoms with E-state index in [0.717, 1.165) is 12.3 Å². The number of hydrogen-bond acceptors (Lipinski definition) is 4. The van der Waals surface area contributed by atoms with E-state index in [1.165, 1.54) is 25.3 Å². The molecule has 7 heteroatoms. The Morgan fingerprint density at radius 2 is 1.95 bits per heavy atom. The van der Waals surface area contributed by atoms with Crippen molar-refractivity contribution in [2.45, 2.75) is 6.18 Å². The van der Waals surface area contributed by atoms with Crippen LogP contribution in [0.1, 0.15) is 16.2 Å². The molecular weight excluding hydrogens is 273 g/mol. The fourth-order valence-electron chi connectivity index (χ4n) is 1.59. The van der Waals surface area contributed by atoms with Crippen LogP contribution in [0.5, 0.6) is 5.75 Å². The van der Waals surface area contributed by atoms with Crippen molar-refractivity contribution in [3.63, 3.8) is 0 Å². The SMILES string of the molecule is COc1ccc(-c2ccc(C(F)(F)F)nc2)nc1C=O. The minimum absolute atomic E-state index is 0.0740. The van der Waals surface area contributed by atoms with Crippen molar-refractivity contribution in [3.8, 4) is 17.0 Å². The first-order chi connectivity index (χ1) is 9.45. The molecule has 0 radical (unpaired) electrons. The molecule has 0 atom stereocenters. The normalized spacial score (nSPS) is 11.2. The van der Waals surface area contributed by atoms with Crippen molar-refractivity contribution in [1.82, 2.24) is 9.97 Å². The zero-order valence-electron chi connectivity index (χ0n) is 10.3. The summed E-state index contributed by atoms with van der Waals surface area (Å²) in [5.74, 6) is 0.295. The predicted octanol–water partition coefficient (Wildman–Crippen LogP) is 2.98. The molecule has 0 amide bonds. The van der Waals surface area contributed by atoms with E-state index >= 15 is 0 Å². The van der Waals surface area contributed by atoms with Gasteiger partial charge in [-0.3, -0.25) is 9.78 Å². The van der Waals surface area contributed by atoms with Gasteiger partial charge in [-0.2, -0.15) is 13.2 Å². The number of pyridine rings is 2. The molecule has 0 fully saturated rings. The van der Waals surface area contributed by atoms with Gasteiger partial charge in [0.25, 0.3) is 0 Å². The molecule has 0 saturated heterocycles. The summed E-state index contributed by atoms with van der Waals surface area (Å²) in [7, 11) is 1.39. The van der Waals surface area contributed by atoms with E-state index in [2.05, 4.69) is 9.97 Å². The number of hydrogen-bond donors (Lipinski definition) is 0. The molecule has 2 aromatic heterocycles. The predicted molar refractivity (Wildman–Crippen MR) is 64.4 cm³/mol. The fourth-order valence-corrected chi connectivity index (χ4v) is 1.59. The zero-order valence-corrected chi connectivity index (χ0v) is 10.3. The van der Waals surface area contributed by atoms with Crippen LogP contribution < -0.4 is 4.74 Å². The molecule has 2 heterocycles. The Morgan fingerprint density at radius 1 is 1.20 bits per heavy atom. The van der Waals surface area contributed by atoms with Gasteiger partial charge in [0, 0.05) is 11.8 Å². The monoisotopic (exact) mass is 282 g/mol. The largest absolute Gasteiger partial charge is 0.494 e. The molecule has 0 N–H and O–H groups in total. The number of aldehydes is 1. The lowest BCUT2D eigenvalue weighted by Gasteiger charge is -2.08. The number of aromatic nitrogens is 2. The topological polar surface area (TPSA) is 52.1 Å². The van der Waals surface area contributed by atoms with E-state index < -0.39 is 11.9 Å². The van der Waals surface area contributed by atoms with Crippen molar-refractivity contribution in [1.29, 1.82) is 0 Å². The van der Waals surface area contributed by atoms with Crippen LogP contribution >= 0.6 is 0 Å². The summed E-state index contributed by atoms with van der Waals surface area (Å²) < 4.78 is 42.1. The highest BCUT2D eigenvalue weighted by atomic mass is 19.4. The number of carbonyl (C=O) groups is 1. The van der Waals surface area contributed by atoms with Crippen LogP contribution in [-0.4, -0.2) is 23.4 Å². The molecule has 0 aliphatic rings. The van der Waals surface area contributed by atoms with Crippen molar-refractivity contribution in [2.24, 2.45) is 0 Å². The average Bonchev–Trinajstić information content (AvgIpc) is 2.45. The third-order valence-corrected chi connectivity index (χ3v) is 2.57. The number of alkyl halides is 3. The maximum absolute atomic E-state index is 12.4. The lowest BCUT2D eigenvalue weighted by Crippen LogP contribution is -2.07. The van der Waals surface area contributed by atoms with Crippen molar-refractivity contribution in [2.75, 3.05) is 7.11 Å². The van der Waals surface area contributed by atoms with Gasteiger partial charge in [-0.05, 0) is 24.3 Å². The highest BCUT2D eigenvalue weighted by Gasteiger charge is 2.32. The van der Waals surface area contributed by atoms with Crippen LogP contribution in [-0.2, 0) is 6.18 Å². The summed E-state index contributed by atoms with van der Waals surface area (Å²) in [6.07, 6.45) is -2.91. The van der Waals surface area contributed by atoms with E-state index in [-0.39, 0.29) is 5.69 Å². The van der Waals surface area contributed by atoms with Crippen LogP contribution in [0.3, 0.4) is 0 Å². The van der Waals surface area contributed by atoms with Crippen LogP contribution in [0.2, 0.25) is 0 Å². The second-order valence-corrected chi connectivity index (χ2v) is 3.83. The number of nitrogens with zero attached hydrogens (tertiary/aromatic N) is 2. The van der Waals surface area contributed by atoms with Crippen molar-refractivity contribution < 1.29 is 22.7 Å².